The molecule has 0 saturated heterocycles. The number of rotatable bonds is 4. The van der Waals surface area contributed by atoms with Crippen LogP contribution in [0.5, 0.6) is 0 Å². The smallest absolute Gasteiger partial charge is 0.0728 e. The molecule has 1 aliphatic rings. The van der Waals surface area contributed by atoms with E-state index in [1.165, 1.54) is 0 Å². The van der Waals surface area contributed by atoms with Gasteiger partial charge in [0.25, 0.3) is 0 Å². The van der Waals surface area contributed by atoms with Crippen molar-refractivity contribution >= 4 is 41.2 Å². The van der Waals surface area contributed by atoms with Gasteiger partial charge in [-0.3, -0.25) is 0 Å². The zero-order chi connectivity index (χ0) is 19.3. The van der Waals surface area contributed by atoms with Crippen LogP contribution in [0, 0.1) is 12.8 Å². The first-order valence-electron chi connectivity index (χ1n) is 9.77. The van der Waals surface area contributed by atoms with Crippen molar-refractivity contribution in [2.45, 2.75) is 73.9 Å². The van der Waals surface area contributed by atoms with Gasteiger partial charge in [-0.05, 0) is 39.2 Å². The van der Waals surface area contributed by atoms with E-state index in [4.69, 9.17) is 0 Å². The van der Waals surface area contributed by atoms with E-state index >= 15 is 0 Å². The highest BCUT2D eigenvalue weighted by atomic mass is 28.3. The normalized spacial score (nSPS) is 19.7. The number of allylic oxidation sites excluding steroid dienone is 4. The van der Waals surface area contributed by atoms with Crippen molar-refractivity contribution in [2.75, 3.05) is 0 Å². The van der Waals surface area contributed by atoms with Crippen molar-refractivity contribution in [2.24, 2.45) is 5.92 Å². The molecule has 1 atom stereocenters. The lowest BCUT2D eigenvalue weighted by Gasteiger charge is -2.30. The van der Waals surface area contributed by atoms with Gasteiger partial charge in [0, 0.05) is 0 Å². The lowest BCUT2D eigenvalue weighted by Crippen LogP contribution is -2.58. The highest BCUT2D eigenvalue weighted by Crippen LogP contribution is 2.35. The molecule has 1 aliphatic carbocycles. The van der Waals surface area contributed by atoms with E-state index < -0.39 is 16.1 Å². The van der Waals surface area contributed by atoms with Crippen molar-refractivity contribution in [1.82, 2.24) is 0 Å². The second kappa shape index (κ2) is 6.82. The molecule has 0 spiro atoms. The van der Waals surface area contributed by atoms with Crippen molar-refractivity contribution < 1.29 is 0 Å². The fourth-order valence-corrected chi connectivity index (χ4v) is 11.8. The zero-order valence-electron chi connectivity index (χ0n) is 18.4. The third kappa shape index (κ3) is 4.04. The first-order chi connectivity index (χ1) is 11.2. The molecule has 0 aromatic heterocycles. The van der Waals surface area contributed by atoms with Crippen LogP contribution in [0.25, 0.3) is 0 Å². The molecule has 2 rings (SSSR count). The molecule has 25 heavy (non-hydrogen) atoms. The Kier molecular flexibility index (Phi) is 5.64. The topological polar surface area (TPSA) is 0 Å². The molecule has 138 valence electrons. The highest BCUT2D eigenvalue weighted by molar-refractivity contribution is 6.98. The molecule has 1 aromatic rings. The second-order valence-corrected chi connectivity index (χ2v) is 22.1. The van der Waals surface area contributed by atoms with Crippen molar-refractivity contribution in [3.63, 3.8) is 0 Å². The lowest BCUT2D eigenvalue weighted by molar-refractivity contribution is 0.856. The third-order valence-electron chi connectivity index (χ3n) is 6.28. The molecule has 0 bridgehead atoms. The number of hydrogen-bond acceptors (Lipinski definition) is 0. The van der Waals surface area contributed by atoms with E-state index in [1.54, 1.807) is 43.0 Å². The Morgan fingerprint density at radius 2 is 1.24 bits per heavy atom. The SMILES string of the molecule is CC1=C(C)C(C)C([SiH2]c2cc([Si](C)(C)C)c([Si](C)(C)C)cc2C)=C1C. The van der Waals surface area contributed by atoms with Gasteiger partial charge in [0.05, 0.1) is 25.7 Å². The molecule has 0 fully saturated rings. The van der Waals surface area contributed by atoms with Gasteiger partial charge in [0.1, 0.15) is 0 Å². The lowest BCUT2D eigenvalue weighted by atomic mass is 10.1. The van der Waals surface area contributed by atoms with E-state index in [1.807, 2.05) is 0 Å². The Morgan fingerprint density at radius 1 is 0.760 bits per heavy atom. The number of hydrogen-bond donors (Lipinski definition) is 0. The van der Waals surface area contributed by atoms with Crippen LogP contribution in [-0.4, -0.2) is 25.7 Å². The minimum Gasteiger partial charge on any atom is -0.0728 e. The predicted molar refractivity (Wildman–Crippen MR) is 126 cm³/mol. The van der Waals surface area contributed by atoms with Crippen LogP contribution >= 0.6 is 0 Å². The summed E-state index contributed by atoms with van der Waals surface area (Å²) in [6.07, 6.45) is 0. The van der Waals surface area contributed by atoms with Gasteiger partial charge >= 0.3 is 0 Å². The van der Waals surface area contributed by atoms with Gasteiger partial charge in [-0.2, -0.15) is 0 Å². The average molecular weight is 387 g/mol. The van der Waals surface area contributed by atoms with Gasteiger partial charge in [-0.25, -0.2) is 0 Å². The average Bonchev–Trinajstić information content (AvgIpc) is 2.64. The van der Waals surface area contributed by atoms with E-state index in [9.17, 15) is 0 Å². The molecule has 0 heterocycles. The van der Waals surface area contributed by atoms with E-state index in [0.29, 0.717) is 5.92 Å². The summed E-state index contributed by atoms with van der Waals surface area (Å²) in [6, 6.07) is 5.25. The summed E-state index contributed by atoms with van der Waals surface area (Å²) in [5.41, 5.74) is 6.30. The molecule has 0 saturated carbocycles. The van der Waals surface area contributed by atoms with Gasteiger partial charge < -0.3 is 0 Å². The second-order valence-electron chi connectivity index (χ2n) is 10.2. The van der Waals surface area contributed by atoms with Crippen molar-refractivity contribution in [3.05, 3.63) is 39.6 Å². The Morgan fingerprint density at radius 3 is 1.64 bits per heavy atom. The van der Waals surface area contributed by atoms with E-state index in [2.05, 4.69) is 86.0 Å². The molecular formula is C22H38Si3. The van der Waals surface area contributed by atoms with Crippen LogP contribution in [0.4, 0.5) is 0 Å². The predicted octanol–water partition coefficient (Wildman–Crippen LogP) is 4.14. The van der Waals surface area contributed by atoms with Crippen LogP contribution in [0.1, 0.15) is 33.3 Å². The molecular weight excluding hydrogens is 349 g/mol. The first kappa shape index (κ1) is 20.7. The molecule has 0 N–H and O–H groups in total. The summed E-state index contributed by atoms with van der Waals surface area (Å²) < 4.78 is 0. The van der Waals surface area contributed by atoms with Crippen LogP contribution in [0.3, 0.4) is 0 Å². The fraction of sp³-hybridized carbons (Fsp3) is 0.545. The van der Waals surface area contributed by atoms with Gasteiger partial charge in [0.2, 0.25) is 0 Å². The zero-order valence-corrected chi connectivity index (χ0v) is 21.9. The van der Waals surface area contributed by atoms with Crippen LogP contribution in [0.15, 0.2) is 34.0 Å². The van der Waals surface area contributed by atoms with E-state index in [0.717, 1.165) is 0 Å². The minimum absolute atomic E-state index is 0.386. The quantitative estimate of drug-likeness (QED) is 0.682. The Hall–Kier alpha value is -0.649. The molecule has 0 amide bonds. The Bertz CT molecular complexity index is 753. The maximum absolute atomic E-state index is 2.66. The van der Waals surface area contributed by atoms with Crippen LogP contribution in [-0.2, 0) is 0 Å². The third-order valence-corrected chi connectivity index (χ3v) is 13.3. The summed E-state index contributed by atoms with van der Waals surface area (Å²) in [5, 5.41) is 6.94. The summed E-state index contributed by atoms with van der Waals surface area (Å²) >= 11 is 0. The Balaban J connectivity index is 2.55. The summed E-state index contributed by atoms with van der Waals surface area (Å²) in [5.74, 6) is 0.665. The maximum Gasteiger partial charge on any atom is 0.0838 e. The van der Waals surface area contributed by atoms with E-state index in [-0.39, 0.29) is 9.52 Å². The molecule has 1 aromatic carbocycles. The Labute approximate surface area is 160 Å². The van der Waals surface area contributed by atoms with Gasteiger partial charge in [-0.15, -0.1) is 0 Å². The van der Waals surface area contributed by atoms with Crippen LogP contribution < -0.4 is 15.6 Å². The van der Waals surface area contributed by atoms with Crippen molar-refractivity contribution in [3.8, 4) is 0 Å². The molecule has 0 aliphatic heterocycles. The minimum atomic E-state index is -1.33. The number of aryl methyl sites for hydroxylation is 1. The monoisotopic (exact) mass is 386 g/mol. The highest BCUT2D eigenvalue weighted by Gasteiger charge is 2.29. The van der Waals surface area contributed by atoms with Gasteiger partial charge in [0.15, 0.2) is 0 Å². The fourth-order valence-electron chi connectivity index (χ4n) is 4.12. The molecule has 0 nitrogen and oxygen atoms in total. The largest absolute Gasteiger partial charge is 0.0838 e. The summed E-state index contributed by atoms with van der Waals surface area (Å²) in [7, 11) is -3.02. The van der Waals surface area contributed by atoms with Crippen molar-refractivity contribution in [1.29, 1.82) is 0 Å². The molecule has 0 radical (unpaired) electrons. The summed E-state index contributed by atoms with van der Waals surface area (Å²) in [6.45, 7) is 26.9. The van der Waals surface area contributed by atoms with Crippen LogP contribution in [0.2, 0.25) is 39.3 Å². The number of benzene rings is 1. The van der Waals surface area contributed by atoms with Gasteiger partial charge in [-0.1, -0.05) is 95.8 Å². The molecule has 1 unspecified atom stereocenters. The maximum atomic E-state index is 2.66. The summed E-state index contributed by atoms with van der Waals surface area (Å²) in [4.78, 5) is 0. The molecule has 3 heteroatoms. The standard InChI is InChI=1S/C22H38Si3/c1-14-12-20(24(6,7)8)21(25(9,10)11)13-19(14)23-22-17(4)15(2)16(3)18(22)5/h12-13,17H,23H2,1-11H3. The first-order valence-corrected chi connectivity index (χ1v) is 18.2.